The first-order valence-corrected chi connectivity index (χ1v) is 8.62. The van der Waals surface area contributed by atoms with E-state index in [-0.39, 0.29) is 11.6 Å². The van der Waals surface area contributed by atoms with E-state index in [1.165, 1.54) is 5.56 Å². The van der Waals surface area contributed by atoms with Crippen molar-refractivity contribution in [3.8, 4) is 5.75 Å². The van der Waals surface area contributed by atoms with Gasteiger partial charge in [-0.3, -0.25) is 9.69 Å². The highest BCUT2D eigenvalue weighted by Crippen LogP contribution is 2.40. The Kier molecular flexibility index (Phi) is 4.58. The van der Waals surface area contributed by atoms with Gasteiger partial charge in [-0.15, -0.1) is 0 Å². The maximum absolute atomic E-state index is 11.6. The summed E-state index contributed by atoms with van der Waals surface area (Å²) < 4.78 is 11.0. The Morgan fingerprint density at radius 3 is 2.67 bits per heavy atom. The van der Waals surface area contributed by atoms with Crippen molar-refractivity contribution in [2.75, 3.05) is 50.0 Å². The Morgan fingerprint density at radius 1 is 1.29 bits per heavy atom. The molecule has 0 radical (unpaired) electrons. The first-order chi connectivity index (χ1) is 11.4. The molecule has 2 N–H and O–H groups in total. The summed E-state index contributed by atoms with van der Waals surface area (Å²) in [5.74, 6) is 0.789. The molecule has 2 aliphatic rings. The Labute approximate surface area is 143 Å². The SMILES string of the molecule is CCOC(=O)CN1CCN(c2cc3c(cc2N)CC(C)(C)O3)CC1. The molecule has 0 spiro atoms. The Bertz CT molecular complexity index is 622. The summed E-state index contributed by atoms with van der Waals surface area (Å²) in [5.41, 5.74) is 9.13. The molecule has 1 aromatic carbocycles. The molecule has 0 atom stereocenters. The van der Waals surface area contributed by atoms with Gasteiger partial charge < -0.3 is 20.1 Å². The van der Waals surface area contributed by atoms with Gasteiger partial charge in [0.1, 0.15) is 11.4 Å². The zero-order valence-electron chi connectivity index (χ0n) is 14.8. The summed E-state index contributed by atoms with van der Waals surface area (Å²) in [7, 11) is 0. The maximum atomic E-state index is 11.6. The number of piperazine rings is 1. The molecule has 2 aliphatic heterocycles. The van der Waals surface area contributed by atoms with Gasteiger partial charge in [0.2, 0.25) is 0 Å². The molecule has 0 saturated carbocycles. The predicted octanol–water partition coefficient (Wildman–Crippen LogP) is 1.67. The smallest absolute Gasteiger partial charge is 0.320 e. The largest absolute Gasteiger partial charge is 0.487 e. The minimum Gasteiger partial charge on any atom is -0.487 e. The van der Waals surface area contributed by atoms with E-state index in [9.17, 15) is 4.79 Å². The molecule has 1 aromatic rings. The molecular weight excluding hydrogens is 306 g/mol. The van der Waals surface area contributed by atoms with Gasteiger partial charge in [0.05, 0.1) is 24.5 Å². The first-order valence-electron chi connectivity index (χ1n) is 8.62. The van der Waals surface area contributed by atoms with Gasteiger partial charge in [-0.2, -0.15) is 0 Å². The Balaban J connectivity index is 1.64. The van der Waals surface area contributed by atoms with Crippen molar-refractivity contribution >= 4 is 17.3 Å². The van der Waals surface area contributed by atoms with Gasteiger partial charge in [-0.05, 0) is 26.8 Å². The number of nitrogens with zero attached hydrogens (tertiary/aromatic N) is 2. The fourth-order valence-corrected chi connectivity index (χ4v) is 3.47. The third-order valence-corrected chi connectivity index (χ3v) is 4.58. The number of nitrogens with two attached hydrogens (primary N) is 1. The van der Waals surface area contributed by atoms with Crippen LogP contribution in [0.1, 0.15) is 26.3 Å². The molecule has 1 fully saturated rings. The van der Waals surface area contributed by atoms with E-state index >= 15 is 0 Å². The standard InChI is InChI=1S/C18H27N3O3/c1-4-23-17(22)12-20-5-7-21(8-6-20)15-10-16-13(9-14(15)19)11-18(2,3)24-16/h9-10H,4-8,11-12,19H2,1-3H3. The monoisotopic (exact) mass is 333 g/mol. The van der Waals surface area contributed by atoms with Crippen molar-refractivity contribution in [3.63, 3.8) is 0 Å². The molecule has 6 nitrogen and oxygen atoms in total. The lowest BCUT2D eigenvalue weighted by molar-refractivity contribution is -0.144. The molecule has 1 saturated heterocycles. The molecule has 24 heavy (non-hydrogen) atoms. The summed E-state index contributed by atoms with van der Waals surface area (Å²) in [6.45, 7) is 10.1. The molecule has 2 heterocycles. The molecule has 0 bridgehead atoms. The van der Waals surface area contributed by atoms with Crippen LogP contribution in [0, 0.1) is 0 Å². The molecule has 132 valence electrons. The molecule has 0 unspecified atom stereocenters. The zero-order chi connectivity index (χ0) is 17.3. The van der Waals surface area contributed by atoms with Crippen LogP contribution in [0.15, 0.2) is 12.1 Å². The van der Waals surface area contributed by atoms with Gasteiger partial charge in [0, 0.05) is 44.2 Å². The molecule has 6 heteroatoms. The molecule has 0 aliphatic carbocycles. The number of carbonyl (C=O) groups excluding carboxylic acids is 1. The van der Waals surface area contributed by atoms with Crippen molar-refractivity contribution in [3.05, 3.63) is 17.7 Å². The van der Waals surface area contributed by atoms with Crippen molar-refractivity contribution < 1.29 is 14.3 Å². The van der Waals surface area contributed by atoms with Crippen LogP contribution in [-0.2, 0) is 16.0 Å². The second kappa shape index (κ2) is 6.51. The van der Waals surface area contributed by atoms with Gasteiger partial charge in [-0.25, -0.2) is 0 Å². The lowest BCUT2D eigenvalue weighted by Crippen LogP contribution is -2.48. The quantitative estimate of drug-likeness (QED) is 0.668. The fourth-order valence-electron chi connectivity index (χ4n) is 3.47. The molecule has 0 aromatic heterocycles. The van der Waals surface area contributed by atoms with E-state index in [0.717, 1.165) is 49.7 Å². The number of nitrogen functional groups attached to an aromatic ring is 1. The van der Waals surface area contributed by atoms with Gasteiger partial charge in [-0.1, -0.05) is 0 Å². The van der Waals surface area contributed by atoms with Crippen molar-refractivity contribution in [2.24, 2.45) is 0 Å². The highest BCUT2D eigenvalue weighted by atomic mass is 16.5. The average Bonchev–Trinajstić information content (AvgIpc) is 2.80. The van der Waals surface area contributed by atoms with E-state index in [0.29, 0.717) is 13.2 Å². The third-order valence-electron chi connectivity index (χ3n) is 4.58. The number of esters is 1. The molecule has 0 amide bonds. The van der Waals surface area contributed by atoms with Gasteiger partial charge in [0.25, 0.3) is 0 Å². The van der Waals surface area contributed by atoms with E-state index in [2.05, 4.69) is 29.7 Å². The lowest BCUT2D eigenvalue weighted by atomic mass is 10.0. The van der Waals surface area contributed by atoms with Crippen molar-refractivity contribution in [2.45, 2.75) is 32.8 Å². The maximum Gasteiger partial charge on any atom is 0.320 e. The minimum absolute atomic E-state index is 0.154. The lowest BCUT2D eigenvalue weighted by Gasteiger charge is -2.36. The third kappa shape index (κ3) is 3.59. The van der Waals surface area contributed by atoms with E-state index in [1.807, 2.05) is 13.0 Å². The summed E-state index contributed by atoms with van der Waals surface area (Å²) in [6.07, 6.45) is 0.889. The summed E-state index contributed by atoms with van der Waals surface area (Å²) in [5, 5.41) is 0. The number of carbonyl (C=O) groups is 1. The van der Waals surface area contributed by atoms with Crippen LogP contribution in [0.5, 0.6) is 5.75 Å². The number of rotatable bonds is 4. The van der Waals surface area contributed by atoms with Crippen LogP contribution in [0.3, 0.4) is 0 Å². The summed E-state index contributed by atoms with van der Waals surface area (Å²) in [4.78, 5) is 16.0. The van der Waals surface area contributed by atoms with Crippen LogP contribution in [0.25, 0.3) is 0 Å². The Hall–Kier alpha value is -1.95. The highest BCUT2D eigenvalue weighted by molar-refractivity contribution is 5.73. The topological polar surface area (TPSA) is 68.0 Å². The Morgan fingerprint density at radius 2 is 2.00 bits per heavy atom. The van der Waals surface area contributed by atoms with E-state index in [1.54, 1.807) is 0 Å². The number of ether oxygens (including phenoxy) is 2. The molecule has 3 rings (SSSR count). The van der Waals surface area contributed by atoms with Crippen LogP contribution in [0.2, 0.25) is 0 Å². The fraction of sp³-hybridized carbons (Fsp3) is 0.611. The predicted molar refractivity (Wildman–Crippen MR) is 94.6 cm³/mol. The zero-order valence-corrected chi connectivity index (χ0v) is 14.8. The number of hydrogen-bond donors (Lipinski definition) is 1. The van der Waals surface area contributed by atoms with Crippen LogP contribution < -0.4 is 15.4 Å². The average molecular weight is 333 g/mol. The van der Waals surface area contributed by atoms with Crippen LogP contribution >= 0.6 is 0 Å². The number of anilines is 2. The minimum atomic E-state index is -0.161. The van der Waals surface area contributed by atoms with Crippen LogP contribution in [-0.4, -0.2) is 55.8 Å². The van der Waals surface area contributed by atoms with E-state index in [4.69, 9.17) is 15.2 Å². The highest BCUT2D eigenvalue weighted by Gasteiger charge is 2.31. The number of hydrogen-bond acceptors (Lipinski definition) is 6. The van der Waals surface area contributed by atoms with Crippen molar-refractivity contribution in [1.29, 1.82) is 0 Å². The summed E-state index contributed by atoms with van der Waals surface area (Å²) in [6, 6.07) is 4.12. The molecular formula is C18H27N3O3. The summed E-state index contributed by atoms with van der Waals surface area (Å²) >= 11 is 0. The number of fused-ring (bicyclic) bond motifs is 1. The number of benzene rings is 1. The van der Waals surface area contributed by atoms with Gasteiger partial charge >= 0.3 is 5.97 Å². The normalized spacial score (nSPS) is 19.7. The second-order valence-electron chi connectivity index (χ2n) is 7.13. The van der Waals surface area contributed by atoms with Crippen molar-refractivity contribution in [1.82, 2.24) is 4.90 Å². The van der Waals surface area contributed by atoms with E-state index < -0.39 is 0 Å². The first kappa shape index (κ1) is 16.9. The van der Waals surface area contributed by atoms with Gasteiger partial charge in [0.15, 0.2) is 0 Å². The van der Waals surface area contributed by atoms with Crippen LogP contribution in [0.4, 0.5) is 11.4 Å². The second-order valence-corrected chi connectivity index (χ2v) is 7.13.